The number of hydrogen-bond acceptors (Lipinski definition) is 6. The van der Waals surface area contributed by atoms with Crippen LogP contribution in [0.15, 0.2) is 0 Å². The summed E-state index contributed by atoms with van der Waals surface area (Å²) in [4.78, 5) is 0. The van der Waals surface area contributed by atoms with Crippen LogP contribution in [0, 0.1) is 0 Å². The lowest BCUT2D eigenvalue weighted by Crippen LogP contribution is -2.60. The van der Waals surface area contributed by atoms with Crippen molar-refractivity contribution in [2.45, 2.75) is 23.8 Å². The first-order valence-electron chi connectivity index (χ1n) is 3.23. The molecule has 1 heterocycles. The molecule has 1 rings (SSSR count). The zero-order chi connectivity index (χ0) is 10.5. The number of halogens is 2. The Morgan fingerprint density at radius 3 is 1.77 bits per heavy atom. The predicted molar refractivity (Wildman–Crippen MR) is 31.2 cm³/mol. The third-order valence-corrected chi connectivity index (χ3v) is 1.81. The van der Waals surface area contributed by atoms with Gasteiger partial charge in [-0.3, -0.25) is 0 Å². The largest absolute Gasteiger partial charge is 0.393 e. The molecule has 78 valence electrons. The van der Waals surface area contributed by atoms with Crippen LogP contribution < -0.4 is 0 Å². The van der Waals surface area contributed by atoms with Crippen LogP contribution in [0.1, 0.15) is 0 Å². The van der Waals surface area contributed by atoms with E-state index in [2.05, 4.69) is 4.74 Å². The molecule has 1 saturated heterocycles. The Kier molecular flexibility index (Phi) is 2.11. The molecular formula is C5H8F2O6. The molecule has 0 saturated carbocycles. The number of hydrogen-bond donors (Lipinski definition) is 5. The van der Waals surface area contributed by atoms with E-state index in [9.17, 15) is 8.78 Å². The number of alkyl halides is 2. The summed E-state index contributed by atoms with van der Waals surface area (Å²) in [6, 6.07) is -4.27. The summed E-state index contributed by atoms with van der Waals surface area (Å²) in [5.74, 6) is -8.14. The maximum atomic E-state index is 12.8. The van der Waals surface area contributed by atoms with E-state index in [1.54, 1.807) is 0 Å². The van der Waals surface area contributed by atoms with Gasteiger partial charge in [0.05, 0.1) is 6.61 Å². The molecule has 1 fully saturated rings. The first-order valence-corrected chi connectivity index (χ1v) is 3.23. The average Bonchev–Trinajstić information content (AvgIpc) is 2.08. The third kappa shape index (κ3) is 1.15. The van der Waals surface area contributed by atoms with Gasteiger partial charge in [0.25, 0.3) is 5.79 Å². The molecule has 13 heavy (non-hydrogen) atoms. The summed E-state index contributed by atoms with van der Waals surface area (Å²) < 4.78 is 29.0. The molecule has 1 aliphatic rings. The zero-order valence-electron chi connectivity index (χ0n) is 6.18. The van der Waals surface area contributed by atoms with Gasteiger partial charge < -0.3 is 30.3 Å². The van der Waals surface area contributed by atoms with Gasteiger partial charge in [0, 0.05) is 0 Å². The molecule has 8 heteroatoms. The zero-order valence-corrected chi connectivity index (χ0v) is 6.18. The second-order valence-electron chi connectivity index (χ2n) is 2.70. The second-order valence-corrected chi connectivity index (χ2v) is 2.70. The smallest absolute Gasteiger partial charge is 0.384 e. The van der Waals surface area contributed by atoms with Crippen LogP contribution in [-0.4, -0.2) is 55.9 Å². The van der Waals surface area contributed by atoms with Crippen molar-refractivity contribution in [3.05, 3.63) is 0 Å². The lowest BCUT2D eigenvalue weighted by Gasteiger charge is -2.28. The van der Waals surface area contributed by atoms with E-state index in [1.165, 1.54) is 0 Å². The van der Waals surface area contributed by atoms with E-state index >= 15 is 0 Å². The quantitative estimate of drug-likeness (QED) is 0.297. The Bertz CT molecular complexity index is 215. The monoisotopic (exact) mass is 202 g/mol. The van der Waals surface area contributed by atoms with Crippen molar-refractivity contribution >= 4 is 0 Å². The van der Waals surface area contributed by atoms with Crippen molar-refractivity contribution < 1.29 is 39.1 Å². The van der Waals surface area contributed by atoms with Gasteiger partial charge in [0.2, 0.25) is 0 Å². The van der Waals surface area contributed by atoms with Gasteiger partial charge in [-0.25, -0.2) is 0 Å². The van der Waals surface area contributed by atoms with Crippen LogP contribution in [0.2, 0.25) is 0 Å². The molecule has 0 aliphatic carbocycles. The van der Waals surface area contributed by atoms with Crippen molar-refractivity contribution in [1.82, 2.24) is 0 Å². The lowest BCUT2D eigenvalue weighted by molar-refractivity contribution is -0.406. The van der Waals surface area contributed by atoms with Gasteiger partial charge in [-0.2, -0.15) is 8.78 Å². The molecule has 0 radical (unpaired) electrons. The minimum atomic E-state index is -4.42. The fourth-order valence-electron chi connectivity index (χ4n) is 0.954. The standard InChI is InChI=1S/C5H8F2O6/c6-4(11)3(9,10)2(1-8)13-5(4,7)12/h2,8-12H,1H2/t2-,4+,5+/m1/s1. The molecule has 3 atom stereocenters. The molecule has 5 N–H and O–H groups in total. The Morgan fingerprint density at radius 2 is 1.62 bits per heavy atom. The highest BCUT2D eigenvalue weighted by atomic mass is 19.2. The summed E-state index contributed by atoms with van der Waals surface area (Å²) in [6.45, 7) is -1.19. The van der Waals surface area contributed by atoms with Gasteiger partial charge in [0.1, 0.15) is 6.10 Å². The van der Waals surface area contributed by atoms with E-state index < -0.39 is 30.4 Å². The normalized spacial score (nSPS) is 49.6. The van der Waals surface area contributed by atoms with Crippen LogP contribution in [0.5, 0.6) is 0 Å². The average molecular weight is 202 g/mol. The first-order chi connectivity index (χ1) is 5.67. The molecule has 0 aromatic carbocycles. The fraction of sp³-hybridized carbons (Fsp3) is 1.00. The number of rotatable bonds is 1. The Morgan fingerprint density at radius 1 is 1.15 bits per heavy atom. The van der Waals surface area contributed by atoms with Gasteiger partial charge >= 0.3 is 11.9 Å². The highest BCUT2D eigenvalue weighted by Crippen LogP contribution is 2.45. The molecule has 0 bridgehead atoms. The van der Waals surface area contributed by atoms with Gasteiger partial charge in [-0.15, -0.1) is 0 Å². The van der Waals surface area contributed by atoms with Crippen LogP contribution in [0.25, 0.3) is 0 Å². The van der Waals surface area contributed by atoms with E-state index in [-0.39, 0.29) is 0 Å². The molecule has 0 amide bonds. The highest BCUT2D eigenvalue weighted by Gasteiger charge is 2.76. The van der Waals surface area contributed by atoms with E-state index in [4.69, 9.17) is 25.5 Å². The molecule has 1 aliphatic heterocycles. The molecule has 0 aromatic rings. The van der Waals surface area contributed by atoms with Crippen LogP contribution in [0.4, 0.5) is 8.78 Å². The first kappa shape index (κ1) is 10.7. The van der Waals surface area contributed by atoms with Crippen molar-refractivity contribution in [3.8, 4) is 0 Å². The SMILES string of the molecule is OC[C@H]1O[C@](O)(F)[C@](O)(F)C1(O)O. The molecule has 6 nitrogen and oxygen atoms in total. The van der Waals surface area contributed by atoms with Gasteiger partial charge in [0.15, 0.2) is 0 Å². The lowest BCUT2D eigenvalue weighted by atomic mass is 10.0. The minimum absolute atomic E-state index is 1.19. The maximum Gasteiger partial charge on any atom is 0.384 e. The highest BCUT2D eigenvalue weighted by molar-refractivity contribution is 5.01. The van der Waals surface area contributed by atoms with Crippen molar-refractivity contribution in [3.63, 3.8) is 0 Å². The maximum absolute atomic E-state index is 12.8. The Hall–Kier alpha value is -0.380. The molecule has 0 unspecified atom stereocenters. The summed E-state index contributed by atoms with van der Waals surface area (Å²) in [7, 11) is 0. The van der Waals surface area contributed by atoms with E-state index in [0.29, 0.717) is 0 Å². The summed E-state index contributed by atoms with van der Waals surface area (Å²) in [6.07, 6.45) is -2.18. The summed E-state index contributed by atoms with van der Waals surface area (Å²) >= 11 is 0. The molecule has 0 aromatic heterocycles. The van der Waals surface area contributed by atoms with Gasteiger partial charge in [-0.05, 0) is 0 Å². The minimum Gasteiger partial charge on any atom is -0.393 e. The van der Waals surface area contributed by atoms with Crippen LogP contribution in [0.3, 0.4) is 0 Å². The summed E-state index contributed by atoms with van der Waals surface area (Å²) in [5.41, 5.74) is 0. The third-order valence-electron chi connectivity index (χ3n) is 1.81. The van der Waals surface area contributed by atoms with Crippen molar-refractivity contribution in [2.75, 3.05) is 6.61 Å². The number of aliphatic hydroxyl groups excluding tert-OH is 1. The second kappa shape index (κ2) is 2.56. The molecule has 0 spiro atoms. The van der Waals surface area contributed by atoms with Crippen molar-refractivity contribution in [2.24, 2.45) is 0 Å². The predicted octanol–water partition coefficient (Wildman–Crippen LogP) is -2.67. The van der Waals surface area contributed by atoms with Gasteiger partial charge in [-0.1, -0.05) is 0 Å². The Balaban J connectivity index is 3.08. The summed E-state index contributed by atoms with van der Waals surface area (Å²) in [5, 5.41) is 42.8. The van der Waals surface area contributed by atoms with Crippen LogP contribution >= 0.6 is 0 Å². The fourth-order valence-corrected chi connectivity index (χ4v) is 0.954. The Labute approximate surface area is 70.6 Å². The number of ether oxygens (including phenoxy) is 1. The van der Waals surface area contributed by atoms with Crippen LogP contribution in [-0.2, 0) is 4.74 Å². The number of aliphatic hydroxyl groups is 5. The van der Waals surface area contributed by atoms with Crippen molar-refractivity contribution in [1.29, 1.82) is 0 Å². The molecular weight excluding hydrogens is 194 g/mol. The topological polar surface area (TPSA) is 110 Å². The van der Waals surface area contributed by atoms with E-state index in [0.717, 1.165) is 0 Å². The van der Waals surface area contributed by atoms with E-state index in [1.807, 2.05) is 0 Å².